The van der Waals surface area contributed by atoms with Gasteiger partial charge in [-0.1, -0.05) is 51.4 Å². The summed E-state index contributed by atoms with van der Waals surface area (Å²) in [5.74, 6) is 0.545. The molecule has 0 aliphatic carbocycles. The molecule has 28 heavy (non-hydrogen) atoms. The van der Waals surface area contributed by atoms with Crippen LogP contribution in [0.5, 0.6) is 5.75 Å². The van der Waals surface area contributed by atoms with E-state index in [4.69, 9.17) is 11.6 Å². The van der Waals surface area contributed by atoms with Gasteiger partial charge in [-0.15, -0.1) is 10.2 Å². The largest absolute Gasteiger partial charge is 0.507 e. The van der Waals surface area contributed by atoms with E-state index in [-0.39, 0.29) is 17.4 Å². The van der Waals surface area contributed by atoms with Gasteiger partial charge in [0.05, 0.1) is 12.0 Å². The Morgan fingerprint density at radius 3 is 2.96 bits per heavy atom. The van der Waals surface area contributed by atoms with Crippen LogP contribution in [0.1, 0.15) is 5.56 Å². The van der Waals surface area contributed by atoms with Gasteiger partial charge in [0, 0.05) is 27.7 Å². The average Bonchev–Trinajstić information content (AvgIpc) is 3.03. The van der Waals surface area contributed by atoms with Crippen molar-refractivity contribution in [3.05, 3.63) is 57.5 Å². The second kappa shape index (κ2) is 9.22. The number of phenols is 1. The van der Waals surface area contributed by atoms with Gasteiger partial charge in [-0.05, 0) is 30.3 Å². The molecule has 3 aromatic rings. The van der Waals surface area contributed by atoms with Crippen LogP contribution in [0.15, 0.2) is 57.2 Å². The number of aromatic nitrogens is 3. The molecule has 0 unspecified atom stereocenters. The Labute approximate surface area is 178 Å². The van der Waals surface area contributed by atoms with E-state index < -0.39 is 0 Å². The van der Waals surface area contributed by atoms with Crippen LogP contribution < -0.4 is 5.43 Å². The Morgan fingerprint density at radius 1 is 1.36 bits per heavy atom. The first-order valence-electron chi connectivity index (χ1n) is 8.02. The fraction of sp³-hybridized carbons (Fsp3) is 0.111. The van der Waals surface area contributed by atoms with Crippen LogP contribution in [0.3, 0.4) is 0 Å². The SMILES string of the molecule is Cn1c(SCC(=O)N/N=C/c2cc(Br)ccc2O)nnc1-c1cccc(Cl)c1. The topological polar surface area (TPSA) is 92.4 Å². The quantitative estimate of drug-likeness (QED) is 0.318. The van der Waals surface area contributed by atoms with E-state index in [0.29, 0.717) is 21.6 Å². The van der Waals surface area contributed by atoms with Crippen molar-refractivity contribution >= 4 is 51.4 Å². The first-order chi connectivity index (χ1) is 13.4. The third kappa shape index (κ3) is 5.12. The van der Waals surface area contributed by atoms with E-state index in [1.54, 1.807) is 28.8 Å². The molecule has 0 radical (unpaired) electrons. The van der Waals surface area contributed by atoms with Crippen LogP contribution in [0.25, 0.3) is 11.4 Å². The van der Waals surface area contributed by atoms with Crippen LogP contribution in [0.4, 0.5) is 0 Å². The number of benzene rings is 2. The summed E-state index contributed by atoms with van der Waals surface area (Å²) in [6, 6.07) is 12.3. The monoisotopic (exact) mass is 479 g/mol. The second-order valence-corrected chi connectivity index (χ2v) is 7.96. The molecule has 2 N–H and O–H groups in total. The number of carbonyl (C=O) groups is 1. The first kappa shape index (κ1) is 20.4. The Balaban J connectivity index is 1.58. The molecule has 0 saturated heterocycles. The number of nitrogens with one attached hydrogen (secondary N) is 1. The van der Waals surface area contributed by atoms with Crippen molar-refractivity contribution in [1.29, 1.82) is 0 Å². The highest BCUT2D eigenvalue weighted by molar-refractivity contribution is 9.10. The number of halogens is 2. The molecule has 0 spiro atoms. The highest BCUT2D eigenvalue weighted by Crippen LogP contribution is 2.24. The van der Waals surface area contributed by atoms with Gasteiger partial charge < -0.3 is 9.67 Å². The molecule has 0 aliphatic rings. The third-order valence-corrected chi connectivity index (χ3v) is 5.38. The summed E-state index contributed by atoms with van der Waals surface area (Å²) in [6.45, 7) is 0. The zero-order valence-electron chi connectivity index (χ0n) is 14.6. The van der Waals surface area contributed by atoms with Crippen molar-refractivity contribution in [1.82, 2.24) is 20.2 Å². The Kier molecular flexibility index (Phi) is 6.71. The fourth-order valence-electron chi connectivity index (χ4n) is 2.28. The molecule has 1 heterocycles. The van der Waals surface area contributed by atoms with Gasteiger partial charge in [-0.2, -0.15) is 5.10 Å². The smallest absolute Gasteiger partial charge is 0.250 e. The van der Waals surface area contributed by atoms with E-state index in [1.807, 2.05) is 19.2 Å². The van der Waals surface area contributed by atoms with Gasteiger partial charge >= 0.3 is 0 Å². The molecule has 0 bridgehead atoms. The zero-order chi connectivity index (χ0) is 20.1. The summed E-state index contributed by atoms with van der Waals surface area (Å²) in [6.07, 6.45) is 1.38. The van der Waals surface area contributed by atoms with Crippen molar-refractivity contribution in [2.75, 3.05) is 5.75 Å². The zero-order valence-corrected chi connectivity index (χ0v) is 17.8. The van der Waals surface area contributed by atoms with Gasteiger partial charge in [-0.25, -0.2) is 5.43 Å². The predicted octanol–water partition coefficient (Wildman–Crippen LogP) is 3.85. The molecular weight excluding hydrogens is 466 g/mol. The van der Waals surface area contributed by atoms with Gasteiger partial charge in [0.15, 0.2) is 11.0 Å². The molecule has 0 aliphatic heterocycles. The van der Waals surface area contributed by atoms with Crippen LogP contribution in [0, 0.1) is 0 Å². The number of thioether (sulfide) groups is 1. The molecule has 2 aromatic carbocycles. The van der Waals surface area contributed by atoms with E-state index >= 15 is 0 Å². The lowest BCUT2D eigenvalue weighted by Gasteiger charge is -2.04. The lowest BCUT2D eigenvalue weighted by Crippen LogP contribution is -2.19. The van der Waals surface area contributed by atoms with Gasteiger partial charge in [0.25, 0.3) is 5.91 Å². The number of carbonyl (C=O) groups excluding carboxylic acids is 1. The van der Waals surface area contributed by atoms with Crippen LogP contribution in [-0.4, -0.2) is 37.7 Å². The number of amides is 1. The number of aromatic hydroxyl groups is 1. The number of nitrogens with zero attached hydrogens (tertiary/aromatic N) is 4. The fourth-order valence-corrected chi connectivity index (χ4v) is 3.56. The van der Waals surface area contributed by atoms with E-state index in [9.17, 15) is 9.90 Å². The van der Waals surface area contributed by atoms with Crippen LogP contribution >= 0.6 is 39.3 Å². The Bertz CT molecular complexity index is 1040. The number of hydrogen-bond donors (Lipinski definition) is 2. The number of hydrogen-bond acceptors (Lipinski definition) is 6. The summed E-state index contributed by atoms with van der Waals surface area (Å²) < 4.78 is 2.60. The average molecular weight is 481 g/mol. The third-order valence-electron chi connectivity index (χ3n) is 3.63. The summed E-state index contributed by atoms with van der Waals surface area (Å²) in [5.41, 5.74) is 3.75. The minimum absolute atomic E-state index is 0.0724. The number of rotatable bonds is 6. The summed E-state index contributed by atoms with van der Waals surface area (Å²) in [4.78, 5) is 12.0. The number of phenolic OH excluding ortho intramolecular Hbond substituents is 1. The maximum Gasteiger partial charge on any atom is 0.250 e. The van der Waals surface area contributed by atoms with Crippen molar-refractivity contribution < 1.29 is 9.90 Å². The van der Waals surface area contributed by atoms with Crippen molar-refractivity contribution in [3.63, 3.8) is 0 Å². The molecule has 0 saturated carbocycles. The van der Waals surface area contributed by atoms with E-state index in [2.05, 4.69) is 36.7 Å². The summed E-state index contributed by atoms with van der Waals surface area (Å²) >= 11 is 10.6. The maximum atomic E-state index is 12.0. The van der Waals surface area contributed by atoms with E-state index in [1.165, 1.54) is 24.0 Å². The predicted molar refractivity (Wildman–Crippen MR) is 114 cm³/mol. The highest BCUT2D eigenvalue weighted by Gasteiger charge is 2.13. The maximum absolute atomic E-state index is 12.0. The molecule has 1 amide bonds. The normalized spacial score (nSPS) is 11.1. The van der Waals surface area contributed by atoms with Gasteiger partial charge in [0.1, 0.15) is 5.75 Å². The first-order valence-corrected chi connectivity index (χ1v) is 10.2. The Hall–Kier alpha value is -2.36. The van der Waals surface area contributed by atoms with Crippen LogP contribution in [0.2, 0.25) is 5.02 Å². The standard InChI is InChI=1S/C18H15BrClN5O2S/c1-25-17(11-3-2-4-14(20)8-11)23-24-18(25)28-10-16(27)22-21-9-12-7-13(19)5-6-15(12)26/h2-9,26H,10H2,1H3,(H,22,27)/b21-9+. The summed E-state index contributed by atoms with van der Waals surface area (Å²) in [7, 11) is 1.82. The van der Waals surface area contributed by atoms with Crippen molar-refractivity contribution in [3.8, 4) is 17.1 Å². The molecule has 7 nitrogen and oxygen atoms in total. The molecule has 3 rings (SSSR count). The number of hydrazone groups is 1. The van der Waals surface area contributed by atoms with E-state index in [0.717, 1.165) is 10.0 Å². The molecular formula is C18H15BrClN5O2S. The highest BCUT2D eigenvalue weighted by atomic mass is 79.9. The molecule has 10 heteroatoms. The molecule has 0 fully saturated rings. The molecule has 0 atom stereocenters. The Morgan fingerprint density at radius 2 is 2.18 bits per heavy atom. The summed E-state index contributed by atoms with van der Waals surface area (Å²) in [5, 5.41) is 23.1. The lowest BCUT2D eigenvalue weighted by molar-refractivity contribution is -0.118. The lowest BCUT2D eigenvalue weighted by atomic mass is 10.2. The van der Waals surface area contributed by atoms with Gasteiger partial charge in [-0.3, -0.25) is 4.79 Å². The second-order valence-electron chi connectivity index (χ2n) is 5.66. The molecule has 144 valence electrons. The minimum Gasteiger partial charge on any atom is -0.507 e. The van der Waals surface area contributed by atoms with Crippen molar-refractivity contribution in [2.45, 2.75) is 5.16 Å². The van der Waals surface area contributed by atoms with Gasteiger partial charge in [0.2, 0.25) is 0 Å². The minimum atomic E-state index is -0.303. The van der Waals surface area contributed by atoms with Crippen molar-refractivity contribution in [2.24, 2.45) is 12.1 Å². The molecule has 1 aromatic heterocycles. The van der Waals surface area contributed by atoms with Crippen LogP contribution in [-0.2, 0) is 11.8 Å².